The van der Waals surface area contributed by atoms with Crippen LogP contribution in [0.2, 0.25) is 0 Å². The van der Waals surface area contributed by atoms with Gasteiger partial charge in [-0.15, -0.1) is 11.3 Å². The monoisotopic (exact) mass is 302 g/mol. The van der Waals surface area contributed by atoms with Gasteiger partial charge in [-0.2, -0.15) is 0 Å². The summed E-state index contributed by atoms with van der Waals surface area (Å²) in [5.41, 5.74) is 6.19. The van der Waals surface area contributed by atoms with Crippen LogP contribution in [-0.4, -0.2) is 22.7 Å². The zero-order valence-corrected chi connectivity index (χ0v) is 11.9. The van der Waals surface area contributed by atoms with Gasteiger partial charge in [0.25, 0.3) is 5.91 Å². The SMILES string of the molecule is NCC#Cc1ccsc1CNC(=O)c1cc(O)ccc1O. The van der Waals surface area contributed by atoms with E-state index >= 15 is 0 Å². The number of hydrogen-bond donors (Lipinski definition) is 4. The first-order valence-corrected chi connectivity index (χ1v) is 7.05. The molecule has 21 heavy (non-hydrogen) atoms. The Bertz CT molecular complexity index is 713. The number of hydrogen-bond acceptors (Lipinski definition) is 5. The minimum atomic E-state index is -0.463. The molecule has 0 bridgehead atoms. The molecular formula is C15H14N2O3S. The number of aromatic hydroxyl groups is 2. The van der Waals surface area contributed by atoms with E-state index in [1.807, 2.05) is 11.4 Å². The second-order valence-corrected chi connectivity index (χ2v) is 5.15. The maximum atomic E-state index is 12.0. The number of phenolic OH excluding ortho intramolecular Hbond substituents is 2. The third kappa shape index (κ3) is 3.75. The van der Waals surface area contributed by atoms with Crippen LogP contribution in [-0.2, 0) is 6.54 Å². The number of amides is 1. The summed E-state index contributed by atoms with van der Waals surface area (Å²) in [5, 5.41) is 23.6. The highest BCUT2D eigenvalue weighted by Crippen LogP contribution is 2.22. The molecule has 1 aromatic carbocycles. The summed E-state index contributed by atoms with van der Waals surface area (Å²) in [6.45, 7) is 0.568. The fourth-order valence-electron chi connectivity index (χ4n) is 1.70. The Morgan fingerprint density at radius 2 is 2.14 bits per heavy atom. The molecular weight excluding hydrogens is 288 g/mol. The van der Waals surface area contributed by atoms with Gasteiger partial charge in [-0.3, -0.25) is 4.79 Å². The summed E-state index contributed by atoms with van der Waals surface area (Å²) in [7, 11) is 0. The Kier molecular flexibility index (Phi) is 4.82. The molecule has 5 N–H and O–H groups in total. The average molecular weight is 302 g/mol. The first-order chi connectivity index (χ1) is 10.1. The van der Waals surface area contributed by atoms with Gasteiger partial charge in [0.2, 0.25) is 0 Å². The van der Waals surface area contributed by atoms with Crippen LogP contribution in [0.1, 0.15) is 20.8 Å². The van der Waals surface area contributed by atoms with E-state index in [1.54, 1.807) is 0 Å². The molecule has 0 saturated heterocycles. The van der Waals surface area contributed by atoms with E-state index < -0.39 is 5.91 Å². The number of rotatable bonds is 3. The van der Waals surface area contributed by atoms with Gasteiger partial charge in [0.05, 0.1) is 18.7 Å². The highest BCUT2D eigenvalue weighted by Gasteiger charge is 2.12. The molecule has 0 saturated carbocycles. The summed E-state index contributed by atoms with van der Waals surface area (Å²) >= 11 is 1.47. The molecule has 0 radical (unpaired) electrons. The lowest BCUT2D eigenvalue weighted by Crippen LogP contribution is -2.22. The van der Waals surface area contributed by atoms with Crippen LogP contribution in [0.5, 0.6) is 11.5 Å². The zero-order valence-electron chi connectivity index (χ0n) is 11.1. The summed E-state index contributed by atoms with van der Waals surface area (Å²) in [6.07, 6.45) is 0. The van der Waals surface area contributed by atoms with Gasteiger partial charge in [0.1, 0.15) is 11.5 Å². The van der Waals surface area contributed by atoms with Gasteiger partial charge >= 0.3 is 0 Å². The Labute approximate surface area is 126 Å². The summed E-state index contributed by atoms with van der Waals surface area (Å²) in [4.78, 5) is 12.9. The third-order valence-corrected chi connectivity index (χ3v) is 3.63. The maximum absolute atomic E-state index is 12.0. The van der Waals surface area contributed by atoms with Gasteiger partial charge in [-0.1, -0.05) is 11.8 Å². The number of carbonyl (C=O) groups excluding carboxylic acids is 1. The van der Waals surface area contributed by atoms with Crippen molar-refractivity contribution in [1.82, 2.24) is 5.32 Å². The van der Waals surface area contributed by atoms with Gasteiger partial charge in [0.15, 0.2) is 0 Å². The molecule has 0 aliphatic carbocycles. The predicted octanol–water partition coefficient (Wildman–Crippen LogP) is 1.40. The Morgan fingerprint density at radius 3 is 2.90 bits per heavy atom. The molecule has 1 amide bonds. The summed E-state index contributed by atoms with van der Waals surface area (Å²) < 4.78 is 0. The van der Waals surface area contributed by atoms with Crippen molar-refractivity contribution in [1.29, 1.82) is 0 Å². The highest BCUT2D eigenvalue weighted by atomic mass is 32.1. The van der Waals surface area contributed by atoms with Crippen molar-refractivity contribution in [3.63, 3.8) is 0 Å². The average Bonchev–Trinajstić information content (AvgIpc) is 2.92. The van der Waals surface area contributed by atoms with Gasteiger partial charge in [-0.05, 0) is 29.6 Å². The van der Waals surface area contributed by atoms with Gasteiger partial charge < -0.3 is 21.3 Å². The summed E-state index contributed by atoms with van der Waals surface area (Å²) in [5.74, 6) is 4.97. The molecule has 2 aromatic rings. The lowest BCUT2D eigenvalue weighted by molar-refractivity contribution is 0.0948. The van der Waals surface area contributed by atoms with E-state index in [1.165, 1.54) is 29.5 Å². The molecule has 108 valence electrons. The van der Waals surface area contributed by atoms with Crippen molar-refractivity contribution in [3.05, 3.63) is 45.6 Å². The van der Waals surface area contributed by atoms with Crippen molar-refractivity contribution in [2.75, 3.05) is 6.54 Å². The van der Waals surface area contributed by atoms with Crippen molar-refractivity contribution < 1.29 is 15.0 Å². The molecule has 0 aliphatic heterocycles. The fourth-order valence-corrected chi connectivity index (χ4v) is 2.47. The quantitative estimate of drug-likeness (QED) is 0.509. The first-order valence-electron chi connectivity index (χ1n) is 6.17. The lowest BCUT2D eigenvalue weighted by Gasteiger charge is -2.06. The molecule has 0 spiro atoms. The lowest BCUT2D eigenvalue weighted by atomic mass is 10.1. The van der Waals surface area contributed by atoms with Crippen LogP contribution in [0.25, 0.3) is 0 Å². The standard InChI is InChI=1S/C15H14N2O3S/c16-6-1-2-10-5-7-21-14(10)9-17-15(20)12-8-11(18)3-4-13(12)19/h3-5,7-8,18-19H,6,9,16H2,(H,17,20). The fraction of sp³-hybridized carbons (Fsp3) is 0.133. The molecule has 5 nitrogen and oxygen atoms in total. The van der Waals surface area contributed by atoms with E-state index in [0.717, 1.165) is 10.4 Å². The normalized spacial score (nSPS) is 9.76. The molecule has 0 fully saturated rings. The molecule has 0 unspecified atom stereocenters. The topological polar surface area (TPSA) is 95.6 Å². The number of carbonyl (C=O) groups is 1. The minimum absolute atomic E-state index is 0.0288. The van der Waals surface area contributed by atoms with Crippen LogP contribution in [0.3, 0.4) is 0 Å². The van der Waals surface area contributed by atoms with Crippen LogP contribution in [0.15, 0.2) is 29.6 Å². The molecule has 1 aromatic heterocycles. The number of phenols is 2. The smallest absolute Gasteiger partial charge is 0.255 e. The van der Waals surface area contributed by atoms with E-state index in [-0.39, 0.29) is 23.6 Å². The van der Waals surface area contributed by atoms with E-state index in [9.17, 15) is 15.0 Å². The molecule has 1 heterocycles. The predicted molar refractivity (Wildman–Crippen MR) is 81.2 cm³/mol. The minimum Gasteiger partial charge on any atom is -0.508 e. The maximum Gasteiger partial charge on any atom is 0.255 e. The summed E-state index contributed by atoms with van der Waals surface area (Å²) in [6, 6.07) is 5.66. The number of thiophene rings is 1. The Morgan fingerprint density at radius 1 is 1.33 bits per heavy atom. The highest BCUT2D eigenvalue weighted by molar-refractivity contribution is 7.10. The Balaban J connectivity index is 2.08. The molecule has 2 rings (SSSR count). The van der Waals surface area contributed by atoms with Crippen molar-refractivity contribution in [2.24, 2.45) is 5.73 Å². The number of benzene rings is 1. The number of nitrogens with two attached hydrogens (primary N) is 1. The molecule has 0 aliphatic rings. The largest absolute Gasteiger partial charge is 0.508 e. The van der Waals surface area contributed by atoms with E-state index in [4.69, 9.17) is 5.73 Å². The molecule has 0 atom stereocenters. The zero-order chi connectivity index (χ0) is 15.2. The second kappa shape index (κ2) is 6.79. The van der Waals surface area contributed by atoms with Crippen molar-refractivity contribution in [3.8, 4) is 23.3 Å². The van der Waals surface area contributed by atoms with Crippen LogP contribution in [0, 0.1) is 11.8 Å². The van der Waals surface area contributed by atoms with Crippen LogP contribution in [0.4, 0.5) is 0 Å². The van der Waals surface area contributed by atoms with E-state index in [0.29, 0.717) is 6.54 Å². The third-order valence-electron chi connectivity index (χ3n) is 2.70. The van der Waals surface area contributed by atoms with E-state index in [2.05, 4.69) is 17.2 Å². The first kappa shape index (κ1) is 14.9. The van der Waals surface area contributed by atoms with Crippen molar-refractivity contribution in [2.45, 2.75) is 6.54 Å². The van der Waals surface area contributed by atoms with Gasteiger partial charge in [-0.25, -0.2) is 0 Å². The van der Waals surface area contributed by atoms with Crippen LogP contribution >= 0.6 is 11.3 Å². The number of nitrogens with one attached hydrogen (secondary N) is 1. The second-order valence-electron chi connectivity index (χ2n) is 4.15. The van der Waals surface area contributed by atoms with Gasteiger partial charge in [0, 0.05) is 10.4 Å². The van der Waals surface area contributed by atoms with Crippen LogP contribution < -0.4 is 11.1 Å². The Hall–Kier alpha value is -2.49. The van der Waals surface area contributed by atoms with Crippen molar-refractivity contribution >= 4 is 17.2 Å². The molecule has 6 heteroatoms.